The van der Waals surface area contributed by atoms with E-state index < -0.39 is 6.04 Å². The topological polar surface area (TPSA) is 110 Å². The molecule has 0 spiro atoms. The molecule has 1 atom stereocenters. The minimum atomic E-state index is -0.409. The summed E-state index contributed by atoms with van der Waals surface area (Å²) in [7, 11) is 3.20. The third-order valence-corrected chi connectivity index (χ3v) is 8.61. The summed E-state index contributed by atoms with van der Waals surface area (Å²) in [5.41, 5.74) is 4.89. The highest BCUT2D eigenvalue weighted by Crippen LogP contribution is 2.41. The van der Waals surface area contributed by atoms with Crippen molar-refractivity contribution in [2.75, 3.05) is 71.7 Å². The number of rotatable bonds is 4. The van der Waals surface area contributed by atoms with E-state index in [1.54, 1.807) is 31.3 Å². The lowest BCUT2D eigenvalue weighted by Crippen LogP contribution is -2.47. The van der Waals surface area contributed by atoms with Gasteiger partial charge in [-0.3, -0.25) is 14.5 Å². The molecule has 0 aliphatic carbocycles. The molecule has 11 heteroatoms. The number of hydrogen-bond acceptors (Lipinski definition) is 7. The number of nitrogens with zero attached hydrogens (tertiary/aromatic N) is 3. The van der Waals surface area contributed by atoms with Crippen molar-refractivity contribution in [3.05, 3.63) is 82.4 Å². The predicted molar refractivity (Wildman–Crippen MR) is 167 cm³/mol. The number of nitrogens with one attached hydrogen (secondary N) is 1. The van der Waals surface area contributed by atoms with Gasteiger partial charge in [0.15, 0.2) is 11.5 Å². The number of benzene rings is 3. The zero-order chi connectivity index (χ0) is 31.5. The van der Waals surface area contributed by atoms with Crippen LogP contribution in [0.3, 0.4) is 0 Å². The van der Waals surface area contributed by atoms with Gasteiger partial charge in [0.25, 0.3) is 5.91 Å². The predicted octanol–water partition coefficient (Wildman–Crippen LogP) is 3.57. The number of fused-ring (bicyclic) bond motifs is 11. The number of methoxy groups -OCH3 is 2. The summed E-state index contributed by atoms with van der Waals surface area (Å²) >= 11 is 0. The standard InChI is InChI=1S/C34H38N4O7/c1-22-4-5-25(18-28(22)37-13-11-35-34(37)41)33(40)36-14-15-44-16-17-45-26-8-6-23(7-9-26)32-27-20-30(43-3)29(42-2)19-24(27)10-12-38(32)31(39)21-36/h4-9,18-20,32H,10-17,21H2,1-3H3,(H,35,41). The lowest BCUT2D eigenvalue weighted by molar-refractivity contribution is -0.134. The third-order valence-electron chi connectivity index (χ3n) is 8.61. The van der Waals surface area contributed by atoms with Crippen molar-refractivity contribution >= 4 is 23.5 Å². The van der Waals surface area contributed by atoms with Crippen molar-refractivity contribution in [1.29, 1.82) is 0 Å². The number of ether oxygens (including phenoxy) is 4. The number of urea groups is 1. The summed E-state index contributed by atoms with van der Waals surface area (Å²) in [4.78, 5) is 45.7. The van der Waals surface area contributed by atoms with E-state index in [1.165, 1.54) is 4.90 Å². The van der Waals surface area contributed by atoms with Gasteiger partial charge >= 0.3 is 6.03 Å². The van der Waals surface area contributed by atoms with Crippen LogP contribution in [0.15, 0.2) is 54.6 Å². The maximum absolute atomic E-state index is 14.2. The number of anilines is 1. The van der Waals surface area contributed by atoms with Crippen LogP contribution in [0.25, 0.3) is 0 Å². The van der Waals surface area contributed by atoms with Gasteiger partial charge in [0.05, 0.1) is 33.5 Å². The smallest absolute Gasteiger partial charge is 0.322 e. The summed E-state index contributed by atoms with van der Waals surface area (Å²) in [6.45, 7) is 4.42. The molecule has 0 saturated carbocycles. The molecule has 4 aliphatic heterocycles. The van der Waals surface area contributed by atoms with Crippen molar-refractivity contribution in [2.24, 2.45) is 0 Å². The molecule has 1 unspecified atom stereocenters. The number of amides is 4. The Morgan fingerprint density at radius 3 is 2.42 bits per heavy atom. The van der Waals surface area contributed by atoms with Crippen LogP contribution >= 0.6 is 0 Å². The highest BCUT2D eigenvalue weighted by atomic mass is 16.5. The Balaban J connectivity index is 1.35. The Labute approximate surface area is 262 Å². The largest absolute Gasteiger partial charge is 0.493 e. The maximum Gasteiger partial charge on any atom is 0.322 e. The molecular weight excluding hydrogens is 576 g/mol. The van der Waals surface area contributed by atoms with E-state index in [4.69, 9.17) is 18.9 Å². The van der Waals surface area contributed by atoms with E-state index in [0.717, 1.165) is 22.3 Å². The monoisotopic (exact) mass is 614 g/mol. The number of hydrogen-bond donors (Lipinski definition) is 1. The summed E-state index contributed by atoms with van der Waals surface area (Å²) in [5, 5.41) is 2.81. The average molecular weight is 615 g/mol. The van der Waals surface area contributed by atoms with Crippen LogP contribution in [0.2, 0.25) is 0 Å². The fourth-order valence-electron chi connectivity index (χ4n) is 6.24. The normalized spacial score (nSPS) is 18.7. The van der Waals surface area contributed by atoms with E-state index in [9.17, 15) is 14.4 Å². The summed E-state index contributed by atoms with van der Waals surface area (Å²) in [6.07, 6.45) is 0.620. The highest BCUT2D eigenvalue weighted by molar-refractivity contribution is 6.00. The molecule has 0 aromatic heterocycles. The minimum Gasteiger partial charge on any atom is -0.493 e. The molecule has 4 amide bonds. The Morgan fingerprint density at radius 1 is 0.911 bits per heavy atom. The van der Waals surface area contributed by atoms with Gasteiger partial charge in [-0.1, -0.05) is 18.2 Å². The van der Waals surface area contributed by atoms with Crippen LogP contribution in [-0.2, 0) is 16.0 Å². The fraction of sp³-hybridized carbons (Fsp3) is 0.382. The molecule has 11 nitrogen and oxygen atoms in total. The molecule has 45 heavy (non-hydrogen) atoms. The number of carbonyl (C=O) groups excluding carboxylic acids is 3. The Morgan fingerprint density at radius 2 is 1.69 bits per heavy atom. The molecule has 1 saturated heterocycles. The molecule has 3 aromatic rings. The van der Waals surface area contributed by atoms with Crippen LogP contribution < -0.4 is 24.4 Å². The Hall–Kier alpha value is -4.77. The molecule has 4 aliphatic rings. The first-order valence-corrected chi connectivity index (χ1v) is 15.2. The molecule has 1 N–H and O–H groups in total. The molecule has 3 aromatic carbocycles. The molecule has 1 fully saturated rings. The van der Waals surface area contributed by atoms with Crippen molar-refractivity contribution in [2.45, 2.75) is 19.4 Å². The fourth-order valence-corrected chi connectivity index (χ4v) is 6.24. The summed E-state index contributed by atoms with van der Waals surface area (Å²) in [5.74, 6) is 1.43. The molecular formula is C34H38N4O7. The van der Waals surface area contributed by atoms with Crippen LogP contribution in [0.5, 0.6) is 17.2 Å². The first-order valence-electron chi connectivity index (χ1n) is 15.2. The molecule has 7 rings (SSSR count). The zero-order valence-electron chi connectivity index (χ0n) is 25.8. The van der Waals surface area contributed by atoms with E-state index in [1.807, 2.05) is 54.3 Å². The van der Waals surface area contributed by atoms with Gasteiger partial charge in [-0.15, -0.1) is 0 Å². The first-order chi connectivity index (χ1) is 21.9. The molecule has 0 radical (unpaired) electrons. The maximum atomic E-state index is 14.2. The average Bonchev–Trinajstić information content (AvgIpc) is 3.49. The van der Waals surface area contributed by atoms with Crippen LogP contribution in [-0.4, -0.2) is 94.4 Å². The van der Waals surface area contributed by atoms with Gasteiger partial charge in [-0.25, -0.2) is 4.79 Å². The summed E-state index contributed by atoms with van der Waals surface area (Å²) in [6, 6.07) is 16.4. The van der Waals surface area contributed by atoms with Crippen LogP contribution in [0, 0.1) is 6.92 Å². The Kier molecular flexibility index (Phi) is 8.79. The van der Waals surface area contributed by atoms with Gasteiger partial charge in [0.2, 0.25) is 5.91 Å². The molecule has 2 bridgehead atoms. The lowest BCUT2D eigenvalue weighted by atomic mass is 9.87. The van der Waals surface area contributed by atoms with E-state index >= 15 is 0 Å². The van der Waals surface area contributed by atoms with Crippen molar-refractivity contribution < 1.29 is 33.3 Å². The van der Waals surface area contributed by atoms with E-state index in [-0.39, 0.29) is 37.5 Å². The lowest BCUT2D eigenvalue weighted by Gasteiger charge is -2.39. The van der Waals surface area contributed by atoms with E-state index in [0.29, 0.717) is 67.8 Å². The zero-order valence-corrected chi connectivity index (χ0v) is 25.8. The second-order valence-electron chi connectivity index (χ2n) is 11.3. The van der Waals surface area contributed by atoms with Gasteiger partial charge in [0, 0.05) is 37.4 Å². The quantitative estimate of drug-likeness (QED) is 0.448. The summed E-state index contributed by atoms with van der Waals surface area (Å²) < 4.78 is 22.9. The van der Waals surface area contributed by atoms with Gasteiger partial charge in [-0.05, 0) is 72.0 Å². The van der Waals surface area contributed by atoms with Gasteiger partial charge in [0.1, 0.15) is 18.9 Å². The SMILES string of the molecule is COc1cc2c(cc1OC)C1c3ccc(cc3)OCCOCCN(C(=O)c3ccc(C)c(N4CCNC4=O)c3)CC(=O)N1CC2. The first kappa shape index (κ1) is 30.3. The second kappa shape index (κ2) is 13.1. The second-order valence-corrected chi connectivity index (χ2v) is 11.3. The Bertz CT molecular complexity index is 1590. The van der Waals surface area contributed by atoms with Crippen molar-refractivity contribution in [3.63, 3.8) is 0 Å². The van der Waals surface area contributed by atoms with Crippen LogP contribution in [0.1, 0.15) is 38.7 Å². The van der Waals surface area contributed by atoms with Gasteiger partial charge < -0.3 is 34.1 Å². The van der Waals surface area contributed by atoms with Crippen molar-refractivity contribution in [1.82, 2.24) is 15.1 Å². The third kappa shape index (κ3) is 6.12. The van der Waals surface area contributed by atoms with Gasteiger partial charge in [-0.2, -0.15) is 0 Å². The molecule has 4 heterocycles. The minimum absolute atomic E-state index is 0.136. The van der Waals surface area contributed by atoms with Crippen molar-refractivity contribution in [3.8, 4) is 17.2 Å². The molecule has 236 valence electrons. The number of carbonyl (C=O) groups is 3. The van der Waals surface area contributed by atoms with Crippen LogP contribution in [0.4, 0.5) is 10.5 Å². The van der Waals surface area contributed by atoms with E-state index in [2.05, 4.69) is 5.32 Å². The highest BCUT2D eigenvalue weighted by Gasteiger charge is 2.35. The number of aryl methyl sites for hydroxylation is 1.